The van der Waals surface area contributed by atoms with Crippen LogP contribution in [0, 0.1) is 0 Å². The summed E-state index contributed by atoms with van der Waals surface area (Å²) in [6.45, 7) is 1.05. The van der Waals surface area contributed by atoms with Gasteiger partial charge < -0.3 is 15.2 Å². The summed E-state index contributed by atoms with van der Waals surface area (Å²) in [5, 5.41) is 12.0. The summed E-state index contributed by atoms with van der Waals surface area (Å²) in [6, 6.07) is 8.14. The lowest BCUT2D eigenvalue weighted by Gasteiger charge is -2.26. The molecule has 2 N–H and O–H groups in total. The Morgan fingerprint density at radius 2 is 1.83 bits per heavy atom. The van der Waals surface area contributed by atoms with E-state index in [4.69, 9.17) is 16.3 Å². The van der Waals surface area contributed by atoms with Gasteiger partial charge in [0.05, 0.1) is 29.4 Å². The number of nitrogens with one attached hydrogen (secondary N) is 1. The zero-order valence-corrected chi connectivity index (χ0v) is 18.1. The number of rotatable bonds is 5. The van der Waals surface area contributed by atoms with Crippen LogP contribution in [-0.2, 0) is 14.8 Å². The monoisotopic (exact) mass is 502 g/mol. The fourth-order valence-corrected chi connectivity index (χ4v) is 5.07. The first kappa shape index (κ1) is 21.7. The summed E-state index contributed by atoms with van der Waals surface area (Å²) < 4.78 is 32.6. The van der Waals surface area contributed by atoms with Crippen molar-refractivity contribution in [3.8, 4) is 0 Å². The number of carbonyl (C=O) groups is 2. The van der Waals surface area contributed by atoms with E-state index in [9.17, 15) is 23.1 Å². The molecule has 1 amide bonds. The number of carbonyl (C=O) groups excluding carboxylic acids is 1. The van der Waals surface area contributed by atoms with E-state index < -0.39 is 21.9 Å². The van der Waals surface area contributed by atoms with Crippen LogP contribution in [-0.4, -0.2) is 56.0 Å². The molecule has 0 radical (unpaired) electrons. The first-order chi connectivity index (χ1) is 13.7. The van der Waals surface area contributed by atoms with Crippen LogP contribution in [0.4, 0.5) is 5.69 Å². The van der Waals surface area contributed by atoms with Gasteiger partial charge in [0.2, 0.25) is 10.0 Å². The van der Waals surface area contributed by atoms with Crippen molar-refractivity contribution in [1.82, 2.24) is 4.31 Å². The second kappa shape index (κ2) is 8.80. The summed E-state index contributed by atoms with van der Waals surface area (Å²) in [4.78, 5) is 24.0. The molecule has 0 unspecified atom stereocenters. The molecule has 0 aliphatic carbocycles. The molecule has 11 heteroatoms. The molecule has 0 saturated carbocycles. The molecular formula is C18H16BrClN2O6S. The number of ether oxygens (including phenoxy) is 1. The second-order valence-electron chi connectivity index (χ2n) is 6.14. The number of carboxylic acids is 1. The molecule has 1 heterocycles. The zero-order chi connectivity index (χ0) is 21.2. The smallest absolute Gasteiger partial charge is 0.337 e. The highest BCUT2D eigenvalue weighted by Crippen LogP contribution is 2.25. The number of nitrogens with zero attached hydrogens (tertiary/aromatic N) is 1. The largest absolute Gasteiger partial charge is 0.478 e. The number of amides is 1. The van der Waals surface area contributed by atoms with Gasteiger partial charge in [-0.2, -0.15) is 4.31 Å². The molecule has 29 heavy (non-hydrogen) atoms. The van der Waals surface area contributed by atoms with Crippen molar-refractivity contribution in [1.29, 1.82) is 0 Å². The van der Waals surface area contributed by atoms with Crippen LogP contribution in [0.1, 0.15) is 20.7 Å². The van der Waals surface area contributed by atoms with E-state index in [0.717, 1.165) is 0 Å². The van der Waals surface area contributed by atoms with E-state index in [0.29, 0.717) is 17.7 Å². The number of sulfonamides is 1. The Kier molecular flexibility index (Phi) is 6.59. The number of morpholine rings is 1. The molecule has 2 aromatic carbocycles. The molecule has 154 valence electrons. The average molecular weight is 504 g/mol. The number of hydrogen-bond donors (Lipinski definition) is 2. The minimum absolute atomic E-state index is 0.0458. The van der Waals surface area contributed by atoms with Gasteiger partial charge in [0, 0.05) is 28.1 Å². The van der Waals surface area contributed by atoms with Crippen LogP contribution in [0.5, 0.6) is 0 Å². The van der Waals surface area contributed by atoms with Crippen molar-refractivity contribution in [3.05, 3.63) is 57.0 Å². The quantitative estimate of drug-likeness (QED) is 0.648. The fourth-order valence-electron chi connectivity index (χ4n) is 2.78. The number of benzene rings is 2. The molecule has 1 aliphatic heterocycles. The standard InChI is InChI=1S/C18H16BrClN2O6S/c19-12-7-11(8-14(9-12)29(26,27)22-3-5-28-6-4-22)17(23)21-16-2-1-13(20)10-15(16)18(24)25/h1-2,7-10H,3-6H2,(H,21,23)(H,24,25). The van der Waals surface area contributed by atoms with Crippen molar-refractivity contribution in [3.63, 3.8) is 0 Å². The van der Waals surface area contributed by atoms with Gasteiger partial charge in [0.1, 0.15) is 0 Å². The second-order valence-corrected chi connectivity index (χ2v) is 9.43. The van der Waals surface area contributed by atoms with Gasteiger partial charge in [-0.15, -0.1) is 0 Å². The van der Waals surface area contributed by atoms with E-state index in [1.807, 2.05) is 0 Å². The third-order valence-corrected chi connectivity index (χ3v) is 6.77. The Morgan fingerprint density at radius 1 is 1.14 bits per heavy atom. The minimum Gasteiger partial charge on any atom is -0.478 e. The van der Waals surface area contributed by atoms with Crippen LogP contribution in [0.3, 0.4) is 0 Å². The summed E-state index contributed by atoms with van der Waals surface area (Å²) in [5.74, 6) is -1.91. The minimum atomic E-state index is -3.81. The molecule has 1 aliphatic rings. The van der Waals surface area contributed by atoms with E-state index >= 15 is 0 Å². The lowest BCUT2D eigenvalue weighted by molar-refractivity contribution is 0.0698. The summed E-state index contributed by atoms with van der Waals surface area (Å²) >= 11 is 9.05. The fraction of sp³-hybridized carbons (Fsp3) is 0.222. The molecule has 0 aromatic heterocycles. The third kappa shape index (κ3) is 4.96. The Morgan fingerprint density at radius 3 is 2.48 bits per heavy atom. The van der Waals surface area contributed by atoms with Crippen LogP contribution >= 0.6 is 27.5 Å². The van der Waals surface area contributed by atoms with Crippen molar-refractivity contribution >= 4 is 55.1 Å². The van der Waals surface area contributed by atoms with Gasteiger partial charge in [0.25, 0.3) is 5.91 Å². The molecule has 2 aromatic rings. The molecule has 0 bridgehead atoms. The SMILES string of the molecule is O=C(Nc1ccc(Cl)cc1C(=O)O)c1cc(Br)cc(S(=O)(=O)N2CCOCC2)c1. The van der Waals surface area contributed by atoms with Crippen molar-refractivity contribution in [2.24, 2.45) is 0 Å². The normalized spacial score (nSPS) is 15.1. The van der Waals surface area contributed by atoms with E-state index in [-0.39, 0.29) is 39.8 Å². The molecule has 8 nitrogen and oxygen atoms in total. The maximum Gasteiger partial charge on any atom is 0.337 e. The highest BCUT2D eigenvalue weighted by atomic mass is 79.9. The number of carboxylic acid groups (broad SMARTS) is 1. The molecule has 3 rings (SSSR count). The lowest BCUT2D eigenvalue weighted by Crippen LogP contribution is -2.40. The number of halogens is 2. The van der Waals surface area contributed by atoms with Crippen LogP contribution in [0.25, 0.3) is 0 Å². The lowest BCUT2D eigenvalue weighted by atomic mass is 10.1. The van der Waals surface area contributed by atoms with Crippen LogP contribution < -0.4 is 5.32 Å². The molecule has 1 fully saturated rings. The number of hydrogen-bond acceptors (Lipinski definition) is 5. The Hall–Kier alpha value is -1.98. The average Bonchev–Trinajstić information content (AvgIpc) is 2.69. The van der Waals surface area contributed by atoms with Gasteiger partial charge in [0.15, 0.2) is 0 Å². The Labute approximate surface area is 180 Å². The third-order valence-electron chi connectivity index (χ3n) is 4.20. The first-order valence-electron chi connectivity index (χ1n) is 8.41. The van der Waals surface area contributed by atoms with Gasteiger partial charge >= 0.3 is 5.97 Å². The highest BCUT2D eigenvalue weighted by Gasteiger charge is 2.27. The Balaban J connectivity index is 1.92. The first-order valence-corrected chi connectivity index (χ1v) is 11.0. The maximum atomic E-state index is 12.9. The van der Waals surface area contributed by atoms with Crippen LogP contribution in [0.2, 0.25) is 5.02 Å². The molecular weight excluding hydrogens is 488 g/mol. The number of anilines is 1. The van der Waals surface area contributed by atoms with Gasteiger partial charge in [-0.1, -0.05) is 27.5 Å². The maximum absolute atomic E-state index is 12.9. The molecule has 0 atom stereocenters. The van der Waals surface area contributed by atoms with E-state index in [1.165, 1.54) is 40.7 Å². The Bertz CT molecular complexity index is 1070. The topological polar surface area (TPSA) is 113 Å². The van der Waals surface area contributed by atoms with Gasteiger partial charge in [-0.3, -0.25) is 4.79 Å². The summed E-state index contributed by atoms with van der Waals surface area (Å²) in [6.07, 6.45) is 0. The molecule has 0 spiro atoms. The van der Waals surface area contributed by atoms with E-state index in [1.54, 1.807) is 0 Å². The predicted octanol–water partition coefficient (Wildman–Crippen LogP) is 3.07. The predicted molar refractivity (Wildman–Crippen MR) is 110 cm³/mol. The van der Waals surface area contributed by atoms with E-state index in [2.05, 4.69) is 21.2 Å². The molecule has 1 saturated heterocycles. The summed E-state index contributed by atoms with van der Waals surface area (Å²) in [5.41, 5.74) is -0.0797. The summed E-state index contributed by atoms with van der Waals surface area (Å²) in [7, 11) is -3.81. The van der Waals surface area contributed by atoms with Crippen molar-refractivity contribution < 1.29 is 27.9 Å². The van der Waals surface area contributed by atoms with Crippen molar-refractivity contribution in [2.75, 3.05) is 31.6 Å². The highest BCUT2D eigenvalue weighted by molar-refractivity contribution is 9.10. The van der Waals surface area contributed by atoms with Gasteiger partial charge in [-0.05, 0) is 36.4 Å². The van der Waals surface area contributed by atoms with Crippen molar-refractivity contribution in [2.45, 2.75) is 4.90 Å². The zero-order valence-electron chi connectivity index (χ0n) is 14.9. The number of aromatic carboxylic acids is 1. The van der Waals surface area contributed by atoms with Gasteiger partial charge in [-0.25, -0.2) is 13.2 Å². The van der Waals surface area contributed by atoms with Crippen LogP contribution in [0.15, 0.2) is 45.8 Å².